The largest absolute Gasteiger partial charge is 0.481 e. The fourth-order valence-corrected chi connectivity index (χ4v) is 1.21. The summed E-state index contributed by atoms with van der Waals surface area (Å²) in [5.74, 6) is -0.607. The Bertz CT molecular complexity index is 209. The van der Waals surface area contributed by atoms with Gasteiger partial charge in [0, 0.05) is 3.58 Å². The standard InChI is InChI=1S/C6H5IO2/c7-5-3-1-2-4(5)6(8)9/h1-3,8-9H. The molecule has 0 aliphatic heterocycles. The molecule has 1 aliphatic rings. The third-order valence-corrected chi connectivity index (χ3v) is 1.94. The summed E-state index contributed by atoms with van der Waals surface area (Å²) >= 11 is 2.03. The fourth-order valence-electron chi connectivity index (χ4n) is 0.580. The van der Waals surface area contributed by atoms with Gasteiger partial charge in [-0.25, -0.2) is 0 Å². The van der Waals surface area contributed by atoms with Crippen molar-refractivity contribution in [2.75, 3.05) is 0 Å². The fraction of sp³-hybridized carbons (Fsp3) is 0. The summed E-state index contributed by atoms with van der Waals surface area (Å²) < 4.78 is 0.854. The Morgan fingerprint density at radius 2 is 2.11 bits per heavy atom. The smallest absolute Gasteiger partial charge is 0.282 e. The van der Waals surface area contributed by atoms with Crippen LogP contribution in [0.15, 0.2) is 33.3 Å². The number of allylic oxidation sites excluding steroid dienone is 5. The molecule has 0 amide bonds. The molecule has 1 rings (SSSR count). The lowest BCUT2D eigenvalue weighted by molar-refractivity contribution is 0.188. The van der Waals surface area contributed by atoms with Crippen molar-refractivity contribution in [2.24, 2.45) is 0 Å². The average molecular weight is 236 g/mol. The third-order valence-electron chi connectivity index (χ3n) is 1.00. The molecule has 0 radical (unpaired) electrons. The summed E-state index contributed by atoms with van der Waals surface area (Å²) in [6.07, 6.45) is 5.23. The molecule has 3 heteroatoms. The van der Waals surface area contributed by atoms with Crippen LogP contribution in [0.4, 0.5) is 0 Å². The van der Waals surface area contributed by atoms with Gasteiger partial charge in [-0.2, -0.15) is 0 Å². The lowest BCUT2D eigenvalue weighted by Gasteiger charge is -1.93. The molecule has 0 aromatic rings. The van der Waals surface area contributed by atoms with Crippen molar-refractivity contribution in [1.82, 2.24) is 0 Å². The van der Waals surface area contributed by atoms with E-state index < -0.39 is 5.95 Å². The van der Waals surface area contributed by atoms with Crippen molar-refractivity contribution in [3.05, 3.63) is 33.3 Å². The third kappa shape index (κ3) is 1.27. The molecule has 0 saturated heterocycles. The molecule has 1 aliphatic carbocycles. The van der Waals surface area contributed by atoms with Crippen LogP contribution in [0.5, 0.6) is 0 Å². The first kappa shape index (κ1) is 6.67. The van der Waals surface area contributed by atoms with E-state index in [1.807, 2.05) is 28.7 Å². The summed E-state index contributed by atoms with van der Waals surface area (Å²) in [5.41, 5.74) is 0.496. The first-order valence-electron chi connectivity index (χ1n) is 2.38. The Morgan fingerprint density at radius 3 is 2.33 bits per heavy atom. The Kier molecular flexibility index (Phi) is 1.80. The molecule has 48 valence electrons. The summed E-state index contributed by atoms with van der Waals surface area (Å²) in [6.45, 7) is 0. The highest BCUT2D eigenvalue weighted by atomic mass is 127. The summed E-state index contributed by atoms with van der Waals surface area (Å²) in [7, 11) is 0. The van der Waals surface area contributed by atoms with Crippen LogP contribution in [0.3, 0.4) is 0 Å². The molecule has 2 N–H and O–H groups in total. The monoisotopic (exact) mass is 236 g/mol. The number of aliphatic hydroxyl groups excluding tert-OH is 1. The van der Waals surface area contributed by atoms with E-state index in [-0.39, 0.29) is 0 Å². The van der Waals surface area contributed by atoms with Crippen molar-refractivity contribution in [3.63, 3.8) is 0 Å². The van der Waals surface area contributed by atoms with Crippen molar-refractivity contribution in [2.45, 2.75) is 0 Å². The van der Waals surface area contributed by atoms with Gasteiger partial charge in [0.2, 0.25) is 0 Å². The van der Waals surface area contributed by atoms with Gasteiger partial charge in [-0.3, -0.25) is 0 Å². The van der Waals surface area contributed by atoms with Crippen LogP contribution in [-0.2, 0) is 0 Å². The Hall–Kier alpha value is -0.450. The van der Waals surface area contributed by atoms with Crippen LogP contribution in [0.25, 0.3) is 0 Å². The second-order valence-electron chi connectivity index (χ2n) is 1.61. The molecule has 0 heterocycles. The van der Waals surface area contributed by atoms with Crippen LogP contribution < -0.4 is 0 Å². The van der Waals surface area contributed by atoms with Gasteiger partial charge >= 0.3 is 0 Å². The minimum absolute atomic E-state index is 0.496. The van der Waals surface area contributed by atoms with Crippen LogP contribution in [-0.4, -0.2) is 10.2 Å². The zero-order chi connectivity index (χ0) is 6.85. The number of rotatable bonds is 0. The molecular formula is C6H5IO2. The lowest BCUT2D eigenvalue weighted by atomic mass is 10.3. The van der Waals surface area contributed by atoms with Gasteiger partial charge in [0.25, 0.3) is 5.95 Å². The summed E-state index contributed by atoms with van der Waals surface area (Å²) in [6, 6.07) is 0. The SMILES string of the molecule is OC(O)=C1C=CC=C1I. The number of hydrogen-bond donors (Lipinski definition) is 2. The highest BCUT2D eigenvalue weighted by Gasteiger charge is 2.07. The van der Waals surface area contributed by atoms with Crippen LogP contribution in [0.2, 0.25) is 0 Å². The number of hydrogen-bond acceptors (Lipinski definition) is 2. The van der Waals surface area contributed by atoms with Crippen molar-refractivity contribution in [3.8, 4) is 0 Å². The van der Waals surface area contributed by atoms with Crippen LogP contribution in [0, 0.1) is 0 Å². The van der Waals surface area contributed by atoms with E-state index in [0.717, 1.165) is 3.58 Å². The van der Waals surface area contributed by atoms with E-state index in [9.17, 15) is 0 Å². The normalized spacial score (nSPS) is 16.1. The van der Waals surface area contributed by atoms with Gasteiger partial charge < -0.3 is 10.2 Å². The summed E-state index contributed by atoms with van der Waals surface area (Å²) in [4.78, 5) is 0. The van der Waals surface area contributed by atoms with Crippen LogP contribution >= 0.6 is 22.6 Å². The maximum absolute atomic E-state index is 8.56. The second-order valence-corrected chi connectivity index (χ2v) is 2.77. The lowest BCUT2D eigenvalue weighted by Crippen LogP contribution is -1.83. The molecule has 2 nitrogen and oxygen atoms in total. The van der Waals surface area contributed by atoms with Gasteiger partial charge in [-0.1, -0.05) is 6.08 Å². The van der Waals surface area contributed by atoms with Gasteiger partial charge in [0.1, 0.15) is 0 Å². The molecule has 0 fully saturated rings. The molecule has 0 saturated carbocycles. The highest BCUT2D eigenvalue weighted by molar-refractivity contribution is 14.1. The zero-order valence-corrected chi connectivity index (χ0v) is 6.66. The molecule has 0 aromatic carbocycles. The predicted octanol–water partition coefficient (Wildman–Crippen LogP) is 2.20. The predicted molar refractivity (Wildman–Crippen MR) is 43.5 cm³/mol. The Balaban J connectivity index is 3.00. The topological polar surface area (TPSA) is 40.5 Å². The first-order chi connectivity index (χ1) is 4.22. The maximum atomic E-state index is 8.56. The minimum atomic E-state index is -0.607. The maximum Gasteiger partial charge on any atom is 0.282 e. The minimum Gasteiger partial charge on any atom is -0.481 e. The van der Waals surface area contributed by atoms with E-state index in [4.69, 9.17) is 10.2 Å². The van der Waals surface area contributed by atoms with E-state index in [2.05, 4.69) is 0 Å². The van der Waals surface area contributed by atoms with Crippen LogP contribution in [0.1, 0.15) is 0 Å². The van der Waals surface area contributed by atoms with Gasteiger partial charge in [-0.15, -0.1) is 0 Å². The molecule has 0 bridgehead atoms. The van der Waals surface area contributed by atoms with Gasteiger partial charge in [-0.05, 0) is 34.7 Å². The van der Waals surface area contributed by atoms with E-state index in [0.29, 0.717) is 5.57 Å². The molecular weight excluding hydrogens is 231 g/mol. The average Bonchev–Trinajstić information content (AvgIpc) is 2.13. The summed E-state index contributed by atoms with van der Waals surface area (Å²) in [5, 5.41) is 17.1. The second kappa shape index (κ2) is 2.43. The zero-order valence-electron chi connectivity index (χ0n) is 4.50. The quantitative estimate of drug-likeness (QED) is 0.500. The van der Waals surface area contributed by atoms with Crippen molar-refractivity contribution in [1.29, 1.82) is 0 Å². The Morgan fingerprint density at radius 1 is 1.44 bits per heavy atom. The van der Waals surface area contributed by atoms with Crippen molar-refractivity contribution < 1.29 is 10.2 Å². The highest BCUT2D eigenvalue weighted by Crippen LogP contribution is 2.25. The molecule has 0 atom stereocenters. The molecule has 9 heavy (non-hydrogen) atoms. The number of aliphatic hydroxyl groups is 2. The van der Waals surface area contributed by atoms with E-state index >= 15 is 0 Å². The van der Waals surface area contributed by atoms with Crippen molar-refractivity contribution >= 4 is 22.6 Å². The molecule has 0 spiro atoms. The molecule has 0 aromatic heterocycles. The molecule has 0 unspecified atom stereocenters. The van der Waals surface area contributed by atoms with E-state index in [1.165, 1.54) is 0 Å². The number of halogens is 1. The van der Waals surface area contributed by atoms with Gasteiger partial charge in [0.05, 0.1) is 5.57 Å². The first-order valence-corrected chi connectivity index (χ1v) is 3.46. The Labute approximate surface area is 66.3 Å². The van der Waals surface area contributed by atoms with Gasteiger partial charge in [0.15, 0.2) is 0 Å². The van der Waals surface area contributed by atoms with E-state index in [1.54, 1.807) is 12.2 Å².